The van der Waals surface area contributed by atoms with Gasteiger partial charge in [-0.2, -0.15) is 0 Å². The molecule has 1 atom stereocenters. The fourth-order valence-electron chi connectivity index (χ4n) is 1.48. The number of ether oxygens (including phenoxy) is 2. The van der Waals surface area contributed by atoms with E-state index < -0.39 is 11.9 Å². The van der Waals surface area contributed by atoms with Crippen LogP contribution in [-0.2, 0) is 11.3 Å². The maximum absolute atomic E-state index is 13.9. The summed E-state index contributed by atoms with van der Waals surface area (Å²) in [6.07, 6.45) is 0. The van der Waals surface area contributed by atoms with E-state index in [9.17, 15) is 4.39 Å². The van der Waals surface area contributed by atoms with Gasteiger partial charge in [-0.25, -0.2) is 4.39 Å². The van der Waals surface area contributed by atoms with Crippen LogP contribution < -0.4 is 10.5 Å². The number of halogens is 1. The molecule has 0 amide bonds. The van der Waals surface area contributed by atoms with Gasteiger partial charge in [-0.1, -0.05) is 12.1 Å². The van der Waals surface area contributed by atoms with Crippen molar-refractivity contribution in [1.82, 2.24) is 0 Å². The molecule has 4 nitrogen and oxygen atoms in total. The molecule has 0 saturated heterocycles. The Kier molecular flexibility index (Phi) is 4.67. The Morgan fingerprint density at radius 1 is 1.44 bits per heavy atom. The molecule has 16 heavy (non-hydrogen) atoms. The van der Waals surface area contributed by atoms with Crippen molar-refractivity contribution in [3.05, 3.63) is 29.1 Å². The largest absolute Gasteiger partial charge is 0.493 e. The zero-order valence-corrected chi connectivity index (χ0v) is 9.37. The van der Waals surface area contributed by atoms with Crippen LogP contribution in [-0.4, -0.2) is 25.9 Å². The lowest BCUT2D eigenvalue weighted by atomic mass is 10.0. The van der Waals surface area contributed by atoms with Crippen LogP contribution in [0.1, 0.15) is 17.2 Å². The van der Waals surface area contributed by atoms with Crippen LogP contribution >= 0.6 is 0 Å². The molecule has 5 heteroatoms. The summed E-state index contributed by atoms with van der Waals surface area (Å²) in [5.74, 6) is -0.429. The summed E-state index contributed by atoms with van der Waals surface area (Å²) < 4.78 is 23.7. The first-order chi connectivity index (χ1) is 7.65. The van der Waals surface area contributed by atoms with Gasteiger partial charge in [0.25, 0.3) is 0 Å². The highest BCUT2D eigenvalue weighted by atomic mass is 19.1. The van der Waals surface area contributed by atoms with Crippen LogP contribution in [0.25, 0.3) is 0 Å². The van der Waals surface area contributed by atoms with E-state index in [-0.39, 0.29) is 19.0 Å². The van der Waals surface area contributed by atoms with Gasteiger partial charge in [0.2, 0.25) is 0 Å². The smallest absolute Gasteiger partial charge is 0.170 e. The third kappa shape index (κ3) is 2.49. The van der Waals surface area contributed by atoms with Crippen molar-refractivity contribution in [2.24, 2.45) is 5.73 Å². The van der Waals surface area contributed by atoms with Crippen molar-refractivity contribution in [3.8, 4) is 5.75 Å². The van der Waals surface area contributed by atoms with E-state index in [0.717, 1.165) is 0 Å². The average molecular weight is 229 g/mol. The molecule has 90 valence electrons. The van der Waals surface area contributed by atoms with Crippen LogP contribution in [0.2, 0.25) is 0 Å². The van der Waals surface area contributed by atoms with Crippen LogP contribution in [0.4, 0.5) is 4.39 Å². The number of hydrogen-bond donors (Lipinski definition) is 2. The van der Waals surface area contributed by atoms with Gasteiger partial charge >= 0.3 is 0 Å². The SMILES string of the molecule is COCc1ccc(C(N)CO)c(OC)c1F. The molecule has 0 saturated carbocycles. The molecule has 1 aromatic rings. The van der Waals surface area contributed by atoms with Gasteiger partial charge in [0.1, 0.15) is 0 Å². The maximum atomic E-state index is 13.9. The number of nitrogens with two attached hydrogens (primary N) is 1. The lowest BCUT2D eigenvalue weighted by Gasteiger charge is -2.16. The second kappa shape index (κ2) is 5.79. The lowest BCUT2D eigenvalue weighted by molar-refractivity contribution is 0.180. The zero-order valence-electron chi connectivity index (χ0n) is 9.37. The van der Waals surface area contributed by atoms with E-state index >= 15 is 0 Å². The molecule has 1 unspecified atom stereocenters. The van der Waals surface area contributed by atoms with Gasteiger partial charge in [-0.3, -0.25) is 0 Å². The topological polar surface area (TPSA) is 64.7 Å². The van der Waals surface area contributed by atoms with E-state index in [0.29, 0.717) is 11.1 Å². The molecule has 0 fully saturated rings. The Morgan fingerprint density at radius 3 is 2.62 bits per heavy atom. The van der Waals surface area contributed by atoms with Crippen LogP contribution in [0, 0.1) is 5.82 Å². The lowest BCUT2D eigenvalue weighted by Crippen LogP contribution is -2.16. The van der Waals surface area contributed by atoms with E-state index in [1.807, 2.05) is 0 Å². The first-order valence-electron chi connectivity index (χ1n) is 4.86. The molecule has 0 aromatic heterocycles. The maximum Gasteiger partial charge on any atom is 0.170 e. The third-order valence-electron chi connectivity index (χ3n) is 2.31. The predicted octanol–water partition coefficient (Wildman–Crippen LogP) is 0.973. The molecule has 0 bridgehead atoms. The minimum Gasteiger partial charge on any atom is -0.493 e. The standard InChI is InChI=1S/C11H16FNO3/c1-15-6-7-3-4-8(9(13)5-14)11(16-2)10(7)12/h3-4,9,14H,5-6,13H2,1-2H3. The first-order valence-corrected chi connectivity index (χ1v) is 4.86. The molecule has 0 aliphatic rings. The first kappa shape index (κ1) is 12.9. The summed E-state index contributed by atoms with van der Waals surface area (Å²) in [7, 11) is 2.85. The molecular formula is C11H16FNO3. The fourth-order valence-corrected chi connectivity index (χ4v) is 1.48. The van der Waals surface area contributed by atoms with Crippen LogP contribution in [0.5, 0.6) is 5.75 Å². The van der Waals surface area contributed by atoms with Crippen LogP contribution in [0.15, 0.2) is 12.1 Å². The number of benzene rings is 1. The summed E-state index contributed by atoms with van der Waals surface area (Å²) in [6.45, 7) is -0.101. The molecule has 0 radical (unpaired) electrons. The van der Waals surface area contributed by atoms with E-state index in [1.165, 1.54) is 14.2 Å². The van der Waals surface area contributed by atoms with E-state index in [1.54, 1.807) is 12.1 Å². The second-order valence-corrected chi connectivity index (χ2v) is 3.38. The highest BCUT2D eigenvalue weighted by Crippen LogP contribution is 2.29. The molecule has 0 spiro atoms. The van der Waals surface area contributed by atoms with Gasteiger partial charge in [-0.05, 0) is 0 Å². The minimum atomic E-state index is -0.652. The molecule has 1 rings (SSSR count). The number of hydrogen-bond acceptors (Lipinski definition) is 4. The number of aliphatic hydroxyl groups excluding tert-OH is 1. The Morgan fingerprint density at radius 2 is 2.12 bits per heavy atom. The summed E-state index contributed by atoms with van der Waals surface area (Å²) >= 11 is 0. The van der Waals surface area contributed by atoms with Gasteiger partial charge in [-0.15, -0.1) is 0 Å². The molecular weight excluding hydrogens is 213 g/mol. The minimum absolute atomic E-state index is 0.0658. The van der Waals surface area contributed by atoms with Crippen LogP contribution in [0.3, 0.4) is 0 Å². The van der Waals surface area contributed by atoms with E-state index in [4.69, 9.17) is 20.3 Å². The van der Waals surface area contributed by atoms with Gasteiger partial charge in [0, 0.05) is 18.2 Å². The second-order valence-electron chi connectivity index (χ2n) is 3.38. The van der Waals surface area contributed by atoms with Crippen molar-refractivity contribution in [1.29, 1.82) is 0 Å². The predicted molar refractivity (Wildman–Crippen MR) is 57.7 cm³/mol. The van der Waals surface area contributed by atoms with Gasteiger partial charge < -0.3 is 20.3 Å². The number of aliphatic hydroxyl groups is 1. The zero-order chi connectivity index (χ0) is 12.1. The highest BCUT2D eigenvalue weighted by Gasteiger charge is 2.17. The Balaban J connectivity index is 3.18. The molecule has 1 aromatic carbocycles. The van der Waals surface area contributed by atoms with Gasteiger partial charge in [0.15, 0.2) is 11.6 Å². The highest BCUT2D eigenvalue weighted by molar-refractivity contribution is 5.41. The Hall–Kier alpha value is -1.17. The quantitative estimate of drug-likeness (QED) is 0.789. The number of rotatable bonds is 5. The Bertz CT molecular complexity index is 357. The normalized spacial score (nSPS) is 12.6. The van der Waals surface area contributed by atoms with Crippen molar-refractivity contribution in [3.63, 3.8) is 0 Å². The van der Waals surface area contributed by atoms with Crippen molar-refractivity contribution < 1.29 is 19.0 Å². The summed E-state index contributed by atoms with van der Waals surface area (Å²) in [4.78, 5) is 0. The molecule has 3 N–H and O–H groups in total. The third-order valence-corrected chi connectivity index (χ3v) is 2.31. The average Bonchev–Trinajstić information content (AvgIpc) is 2.30. The number of methoxy groups -OCH3 is 2. The van der Waals surface area contributed by atoms with Crippen molar-refractivity contribution >= 4 is 0 Å². The Labute approximate surface area is 93.8 Å². The summed E-state index contributed by atoms with van der Waals surface area (Å²) in [6, 6.07) is 2.56. The molecule has 0 aliphatic carbocycles. The summed E-state index contributed by atoms with van der Waals surface area (Å²) in [5, 5.41) is 8.94. The van der Waals surface area contributed by atoms with Crippen molar-refractivity contribution in [2.75, 3.05) is 20.8 Å². The van der Waals surface area contributed by atoms with Crippen molar-refractivity contribution in [2.45, 2.75) is 12.6 Å². The molecule has 0 aliphatic heterocycles. The summed E-state index contributed by atoms with van der Waals surface area (Å²) in [5.41, 5.74) is 6.48. The van der Waals surface area contributed by atoms with Gasteiger partial charge in [0.05, 0.1) is 26.4 Å². The molecule has 0 heterocycles. The monoisotopic (exact) mass is 229 g/mol. The van der Waals surface area contributed by atoms with E-state index in [2.05, 4.69) is 0 Å². The fraction of sp³-hybridized carbons (Fsp3) is 0.455.